The van der Waals surface area contributed by atoms with E-state index in [-0.39, 0.29) is 24.4 Å². The number of nitrogens with one attached hydrogen (secondary N) is 2. The lowest BCUT2D eigenvalue weighted by atomic mass is 10.1. The standard InChI is InChI=1S/C25H23N3O6S/c1-16-14-19(28(33)34)10-11-21(16)27-25(32)24(17-6-3-2-4-7-17)35-20-9-5-8-18(15-20)26-22(29)12-13-23(30)31/h2-11,14-15,24H,12-13H2,1H3,(H,26,29)(H,27,32)(H,30,31). The molecule has 0 aromatic heterocycles. The number of carbonyl (C=O) groups is 3. The van der Waals surface area contributed by atoms with Gasteiger partial charge in [0.1, 0.15) is 5.25 Å². The van der Waals surface area contributed by atoms with Gasteiger partial charge in [-0.25, -0.2) is 0 Å². The Morgan fingerprint density at radius 1 is 0.971 bits per heavy atom. The number of aliphatic carboxylic acids is 1. The summed E-state index contributed by atoms with van der Waals surface area (Å²) in [5, 5.41) is 24.6. The number of hydrogen-bond acceptors (Lipinski definition) is 6. The van der Waals surface area contributed by atoms with Gasteiger partial charge in [0.2, 0.25) is 11.8 Å². The molecule has 3 rings (SSSR count). The van der Waals surface area contributed by atoms with Crippen molar-refractivity contribution >= 4 is 46.6 Å². The van der Waals surface area contributed by atoms with Crippen molar-refractivity contribution in [3.8, 4) is 0 Å². The molecule has 0 heterocycles. The predicted molar refractivity (Wildman–Crippen MR) is 133 cm³/mol. The molecule has 10 heteroatoms. The smallest absolute Gasteiger partial charge is 0.303 e. The third-order valence-corrected chi connectivity index (χ3v) is 6.20. The van der Waals surface area contributed by atoms with E-state index in [1.54, 1.807) is 31.2 Å². The second-order valence-corrected chi connectivity index (χ2v) is 8.80. The molecule has 0 radical (unpaired) electrons. The number of carbonyl (C=O) groups excluding carboxylic acids is 2. The average Bonchev–Trinajstić information content (AvgIpc) is 2.83. The SMILES string of the molecule is Cc1cc([N+](=O)[O-])ccc1NC(=O)C(Sc1cccc(NC(=O)CCC(=O)O)c1)c1ccccc1. The molecule has 0 aliphatic carbocycles. The van der Waals surface area contributed by atoms with Crippen molar-refractivity contribution in [1.29, 1.82) is 0 Å². The Labute approximate surface area is 205 Å². The highest BCUT2D eigenvalue weighted by molar-refractivity contribution is 8.00. The number of rotatable bonds is 10. The minimum Gasteiger partial charge on any atom is -0.481 e. The largest absolute Gasteiger partial charge is 0.481 e. The molecule has 3 aromatic carbocycles. The zero-order valence-corrected chi connectivity index (χ0v) is 19.6. The van der Waals surface area contributed by atoms with Gasteiger partial charge in [0.15, 0.2) is 0 Å². The molecule has 0 aliphatic rings. The number of nitrogens with zero attached hydrogens (tertiary/aromatic N) is 1. The molecule has 0 aliphatic heterocycles. The molecule has 0 spiro atoms. The van der Waals surface area contributed by atoms with Gasteiger partial charge in [0.25, 0.3) is 5.69 Å². The van der Waals surface area contributed by atoms with Crippen LogP contribution >= 0.6 is 11.8 Å². The van der Waals surface area contributed by atoms with Gasteiger partial charge in [-0.05, 0) is 42.3 Å². The molecular weight excluding hydrogens is 470 g/mol. The van der Waals surface area contributed by atoms with Crippen LogP contribution in [0.5, 0.6) is 0 Å². The molecule has 0 saturated heterocycles. The summed E-state index contributed by atoms with van der Waals surface area (Å²) < 4.78 is 0. The van der Waals surface area contributed by atoms with Crippen LogP contribution in [0, 0.1) is 17.0 Å². The van der Waals surface area contributed by atoms with Gasteiger partial charge >= 0.3 is 5.97 Å². The van der Waals surface area contributed by atoms with Gasteiger partial charge in [-0.1, -0.05) is 36.4 Å². The maximum atomic E-state index is 13.3. The highest BCUT2D eigenvalue weighted by atomic mass is 32.2. The normalized spacial score (nSPS) is 11.3. The van der Waals surface area contributed by atoms with Gasteiger partial charge in [-0.3, -0.25) is 24.5 Å². The zero-order valence-electron chi connectivity index (χ0n) is 18.8. The maximum Gasteiger partial charge on any atom is 0.303 e. The third-order valence-electron chi connectivity index (χ3n) is 4.96. The molecule has 180 valence electrons. The van der Waals surface area contributed by atoms with Gasteiger partial charge in [0, 0.05) is 34.8 Å². The van der Waals surface area contributed by atoms with Crippen LogP contribution in [0.3, 0.4) is 0 Å². The van der Waals surface area contributed by atoms with Crippen molar-refractivity contribution in [2.24, 2.45) is 0 Å². The molecule has 1 unspecified atom stereocenters. The quantitative estimate of drug-likeness (QED) is 0.201. The van der Waals surface area contributed by atoms with Crippen LogP contribution in [0.15, 0.2) is 77.7 Å². The van der Waals surface area contributed by atoms with Crippen molar-refractivity contribution in [3.05, 3.63) is 94.0 Å². The van der Waals surface area contributed by atoms with Crippen molar-refractivity contribution in [3.63, 3.8) is 0 Å². The van der Waals surface area contributed by atoms with Crippen LogP contribution in [0.2, 0.25) is 0 Å². The summed E-state index contributed by atoms with van der Waals surface area (Å²) in [6.45, 7) is 1.68. The van der Waals surface area contributed by atoms with Crippen molar-refractivity contribution in [1.82, 2.24) is 0 Å². The number of carboxylic acid groups (broad SMARTS) is 1. The number of nitro groups is 1. The minimum absolute atomic E-state index is 0.0586. The van der Waals surface area contributed by atoms with E-state index >= 15 is 0 Å². The summed E-state index contributed by atoms with van der Waals surface area (Å²) in [6, 6.07) is 20.3. The molecule has 1 atom stereocenters. The number of hydrogen-bond donors (Lipinski definition) is 3. The van der Waals surface area contributed by atoms with Crippen molar-refractivity contribution < 1.29 is 24.4 Å². The van der Waals surface area contributed by atoms with Crippen LogP contribution in [0.25, 0.3) is 0 Å². The Morgan fingerprint density at radius 2 is 1.71 bits per heavy atom. The first-order valence-corrected chi connectivity index (χ1v) is 11.5. The number of nitro benzene ring substituents is 1. The number of anilines is 2. The van der Waals surface area contributed by atoms with Crippen LogP contribution in [0.1, 0.15) is 29.2 Å². The summed E-state index contributed by atoms with van der Waals surface area (Å²) in [6.07, 6.45) is -0.408. The molecule has 3 N–H and O–H groups in total. The monoisotopic (exact) mass is 493 g/mol. The van der Waals surface area contributed by atoms with E-state index in [4.69, 9.17) is 5.11 Å². The minimum atomic E-state index is -1.05. The van der Waals surface area contributed by atoms with Crippen LogP contribution < -0.4 is 10.6 Å². The van der Waals surface area contributed by atoms with E-state index in [1.165, 1.54) is 30.0 Å². The molecule has 9 nitrogen and oxygen atoms in total. The van der Waals surface area contributed by atoms with E-state index in [0.29, 0.717) is 21.8 Å². The Bertz CT molecular complexity index is 1250. The highest BCUT2D eigenvalue weighted by Gasteiger charge is 2.23. The lowest BCUT2D eigenvalue weighted by Gasteiger charge is -2.18. The van der Waals surface area contributed by atoms with E-state index in [9.17, 15) is 24.5 Å². The van der Waals surface area contributed by atoms with Gasteiger partial charge in [0.05, 0.1) is 11.3 Å². The van der Waals surface area contributed by atoms with Gasteiger partial charge in [-0.2, -0.15) is 0 Å². The molecule has 35 heavy (non-hydrogen) atoms. The van der Waals surface area contributed by atoms with Gasteiger partial charge in [-0.15, -0.1) is 11.8 Å². The summed E-state index contributed by atoms with van der Waals surface area (Å²) in [4.78, 5) is 47.2. The van der Waals surface area contributed by atoms with E-state index in [1.807, 2.05) is 30.3 Å². The topological polar surface area (TPSA) is 139 Å². The van der Waals surface area contributed by atoms with E-state index < -0.39 is 22.0 Å². The zero-order chi connectivity index (χ0) is 25.4. The van der Waals surface area contributed by atoms with E-state index in [2.05, 4.69) is 10.6 Å². The molecule has 0 saturated carbocycles. The first kappa shape index (κ1) is 25.4. The average molecular weight is 494 g/mol. The Balaban J connectivity index is 1.80. The summed E-state index contributed by atoms with van der Waals surface area (Å²) >= 11 is 1.28. The molecular formula is C25H23N3O6S. The number of non-ortho nitro benzene ring substituents is 1. The molecule has 3 aromatic rings. The Hall–Kier alpha value is -4.18. The summed E-state index contributed by atoms with van der Waals surface area (Å²) in [5.41, 5.74) is 2.22. The molecule has 0 bridgehead atoms. The fourth-order valence-corrected chi connectivity index (χ4v) is 4.31. The lowest BCUT2D eigenvalue weighted by molar-refractivity contribution is -0.384. The van der Waals surface area contributed by atoms with E-state index in [0.717, 1.165) is 5.56 Å². The lowest BCUT2D eigenvalue weighted by Crippen LogP contribution is -2.19. The molecule has 0 fully saturated rings. The van der Waals surface area contributed by atoms with Crippen LogP contribution in [-0.4, -0.2) is 27.8 Å². The Kier molecular flexibility index (Phi) is 8.58. The third kappa shape index (κ3) is 7.41. The molecule has 2 amide bonds. The van der Waals surface area contributed by atoms with Gasteiger partial charge < -0.3 is 15.7 Å². The second-order valence-electron chi connectivity index (χ2n) is 7.62. The number of benzene rings is 3. The number of amides is 2. The maximum absolute atomic E-state index is 13.3. The first-order valence-electron chi connectivity index (χ1n) is 10.6. The number of thioether (sulfide) groups is 1. The summed E-state index contributed by atoms with van der Waals surface area (Å²) in [7, 11) is 0. The van der Waals surface area contributed by atoms with Crippen LogP contribution in [-0.2, 0) is 14.4 Å². The second kappa shape index (κ2) is 11.8. The van der Waals surface area contributed by atoms with Crippen molar-refractivity contribution in [2.45, 2.75) is 29.9 Å². The predicted octanol–water partition coefficient (Wildman–Crippen LogP) is 5.18. The van der Waals surface area contributed by atoms with Crippen LogP contribution in [0.4, 0.5) is 17.1 Å². The Morgan fingerprint density at radius 3 is 2.37 bits per heavy atom. The highest BCUT2D eigenvalue weighted by Crippen LogP contribution is 2.37. The number of carboxylic acids is 1. The fraction of sp³-hybridized carbons (Fsp3) is 0.160. The fourth-order valence-electron chi connectivity index (χ4n) is 3.23. The summed E-state index contributed by atoms with van der Waals surface area (Å²) in [5.74, 6) is -1.78. The van der Waals surface area contributed by atoms with Crippen molar-refractivity contribution in [2.75, 3.05) is 10.6 Å². The first-order chi connectivity index (χ1) is 16.7. The number of aryl methyl sites for hydroxylation is 1.